The van der Waals surface area contributed by atoms with E-state index in [4.69, 9.17) is 34.3 Å². The van der Waals surface area contributed by atoms with Crippen molar-refractivity contribution >= 4 is 39.2 Å². The molecule has 160 valence electrons. The molecule has 0 saturated carbocycles. The average molecular weight is 475 g/mol. The molecule has 2 atom stereocenters. The van der Waals surface area contributed by atoms with Gasteiger partial charge in [-0.15, -0.1) is 0 Å². The van der Waals surface area contributed by atoms with Crippen LogP contribution in [0.3, 0.4) is 0 Å². The summed E-state index contributed by atoms with van der Waals surface area (Å²) in [6.45, 7) is 0.236. The topological polar surface area (TPSA) is 90.5 Å². The van der Waals surface area contributed by atoms with E-state index in [2.05, 4.69) is 0 Å². The predicted molar refractivity (Wildman–Crippen MR) is 122 cm³/mol. The average Bonchev–Trinajstić information content (AvgIpc) is 3.17. The van der Waals surface area contributed by atoms with Crippen LogP contribution >= 0.6 is 23.2 Å². The van der Waals surface area contributed by atoms with Crippen molar-refractivity contribution in [2.75, 3.05) is 6.54 Å². The number of nitrogens with zero attached hydrogens (tertiary/aromatic N) is 2. The monoisotopic (exact) mass is 474 g/mol. The summed E-state index contributed by atoms with van der Waals surface area (Å²) in [6.07, 6.45) is 0. The van der Waals surface area contributed by atoms with E-state index in [0.717, 1.165) is 11.1 Å². The molecule has 0 spiro atoms. The van der Waals surface area contributed by atoms with Crippen molar-refractivity contribution in [3.63, 3.8) is 0 Å². The van der Waals surface area contributed by atoms with Crippen molar-refractivity contribution in [3.8, 4) is 0 Å². The molecule has 2 unspecified atom stereocenters. The van der Waals surface area contributed by atoms with Crippen molar-refractivity contribution < 1.29 is 8.42 Å². The Labute approximate surface area is 191 Å². The van der Waals surface area contributed by atoms with Gasteiger partial charge in [-0.3, -0.25) is 10.4 Å². The summed E-state index contributed by atoms with van der Waals surface area (Å²) in [5.41, 5.74) is 7.55. The number of sulfonamides is 1. The van der Waals surface area contributed by atoms with Crippen LogP contribution in [0.5, 0.6) is 0 Å². The van der Waals surface area contributed by atoms with E-state index < -0.39 is 16.1 Å². The number of guanidine groups is 1. The van der Waals surface area contributed by atoms with E-state index in [-0.39, 0.29) is 23.3 Å². The first-order valence-electron chi connectivity index (χ1n) is 9.51. The van der Waals surface area contributed by atoms with Gasteiger partial charge in [0, 0.05) is 22.5 Å². The number of hydrogen-bond donors (Lipinski definition) is 2. The molecule has 6 nitrogen and oxygen atoms in total. The Balaban J connectivity index is 1.90. The second-order valence-electron chi connectivity index (χ2n) is 7.21. The molecule has 0 radical (unpaired) electrons. The van der Waals surface area contributed by atoms with E-state index in [1.807, 2.05) is 30.3 Å². The summed E-state index contributed by atoms with van der Waals surface area (Å²) < 4.78 is 28.7. The van der Waals surface area contributed by atoms with E-state index in [9.17, 15) is 8.42 Å². The molecule has 4 rings (SSSR count). The van der Waals surface area contributed by atoms with Crippen molar-refractivity contribution in [1.29, 1.82) is 5.41 Å². The Morgan fingerprint density at radius 2 is 1.42 bits per heavy atom. The fraction of sp³-hybridized carbons (Fsp3) is 0.136. The van der Waals surface area contributed by atoms with Gasteiger partial charge < -0.3 is 5.73 Å². The third-order valence-corrected chi connectivity index (χ3v) is 7.59. The first kappa shape index (κ1) is 21.6. The molecule has 0 aliphatic carbocycles. The van der Waals surface area contributed by atoms with Crippen LogP contribution in [0.15, 0.2) is 83.8 Å². The lowest BCUT2D eigenvalue weighted by Crippen LogP contribution is -2.48. The second-order valence-corrected chi connectivity index (χ2v) is 9.88. The van der Waals surface area contributed by atoms with Crippen LogP contribution in [-0.4, -0.2) is 30.3 Å². The minimum Gasteiger partial charge on any atom is -0.369 e. The lowest BCUT2D eigenvalue weighted by molar-refractivity contribution is 0.175. The Morgan fingerprint density at radius 3 is 1.97 bits per heavy atom. The van der Waals surface area contributed by atoms with E-state index in [1.165, 1.54) is 33.7 Å². The Hall–Kier alpha value is -2.58. The zero-order valence-electron chi connectivity index (χ0n) is 16.3. The third kappa shape index (κ3) is 4.14. The third-order valence-electron chi connectivity index (χ3n) is 5.30. The van der Waals surface area contributed by atoms with Crippen LogP contribution in [0, 0.1) is 5.41 Å². The van der Waals surface area contributed by atoms with Gasteiger partial charge in [-0.2, -0.15) is 0 Å². The summed E-state index contributed by atoms with van der Waals surface area (Å²) in [6, 6.07) is 22.0. The van der Waals surface area contributed by atoms with Gasteiger partial charge in [0.05, 0.1) is 10.9 Å². The molecule has 3 N–H and O–H groups in total. The molecule has 31 heavy (non-hydrogen) atoms. The van der Waals surface area contributed by atoms with Crippen LogP contribution in [0.1, 0.15) is 23.1 Å². The fourth-order valence-corrected chi connectivity index (χ4v) is 5.81. The maximum atomic E-state index is 13.8. The molecule has 1 aliphatic heterocycles. The van der Waals surface area contributed by atoms with Crippen LogP contribution in [0.25, 0.3) is 0 Å². The van der Waals surface area contributed by atoms with Crippen LogP contribution in [0.2, 0.25) is 10.0 Å². The molecule has 1 saturated heterocycles. The van der Waals surface area contributed by atoms with Gasteiger partial charge in [0.25, 0.3) is 10.0 Å². The minimum absolute atomic E-state index is 0.0656. The molecular weight excluding hydrogens is 455 g/mol. The SMILES string of the molecule is N=C(N)N1CC(c2ccccc2)C(c2ccc(Cl)cc2)N1S(=O)(=O)c1ccc(Cl)cc1. The molecule has 1 aliphatic rings. The van der Waals surface area contributed by atoms with E-state index in [1.54, 1.807) is 24.3 Å². The fourth-order valence-electron chi connectivity index (χ4n) is 3.88. The minimum atomic E-state index is -4.05. The number of hydrazine groups is 1. The number of halogens is 2. The summed E-state index contributed by atoms with van der Waals surface area (Å²) >= 11 is 12.0. The summed E-state index contributed by atoms with van der Waals surface area (Å²) in [5, 5.41) is 10.4. The number of nitrogens with two attached hydrogens (primary N) is 1. The normalized spacial score (nSPS) is 19.5. The highest BCUT2D eigenvalue weighted by molar-refractivity contribution is 7.89. The first-order chi connectivity index (χ1) is 14.8. The summed E-state index contributed by atoms with van der Waals surface area (Å²) in [7, 11) is -4.05. The van der Waals surface area contributed by atoms with Gasteiger partial charge in [0.1, 0.15) is 0 Å². The smallest absolute Gasteiger partial charge is 0.260 e. The highest BCUT2D eigenvalue weighted by Crippen LogP contribution is 2.46. The Kier molecular flexibility index (Phi) is 5.94. The van der Waals surface area contributed by atoms with Crippen LogP contribution in [-0.2, 0) is 10.0 Å². The van der Waals surface area contributed by atoms with E-state index >= 15 is 0 Å². The van der Waals surface area contributed by atoms with Gasteiger partial charge in [0.2, 0.25) is 5.96 Å². The molecule has 0 aromatic heterocycles. The molecule has 0 amide bonds. The highest BCUT2D eigenvalue weighted by Gasteiger charge is 2.49. The van der Waals surface area contributed by atoms with Gasteiger partial charge in [-0.25, -0.2) is 8.42 Å². The lowest BCUT2D eigenvalue weighted by Gasteiger charge is -2.32. The van der Waals surface area contributed by atoms with Gasteiger partial charge in [0.15, 0.2) is 0 Å². The standard InChI is InChI=1S/C22H20Cl2N4O2S/c23-17-8-6-16(7-9-17)21-20(15-4-2-1-3-5-15)14-27(22(25)26)28(21)31(29,30)19-12-10-18(24)11-13-19/h1-13,20-21H,14H2,(H3,25,26). The molecular formula is C22H20Cl2N4O2S. The summed E-state index contributed by atoms with van der Waals surface area (Å²) in [5.74, 6) is -0.608. The quantitative estimate of drug-likeness (QED) is 0.425. The van der Waals surface area contributed by atoms with Crippen molar-refractivity contribution in [2.24, 2.45) is 5.73 Å². The van der Waals surface area contributed by atoms with E-state index in [0.29, 0.717) is 10.0 Å². The second kappa shape index (κ2) is 8.51. The number of nitrogens with one attached hydrogen (secondary N) is 1. The zero-order valence-corrected chi connectivity index (χ0v) is 18.6. The Morgan fingerprint density at radius 1 is 0.871 bits per heavy atom. The van der Waals surface area contributed by atoms with Gasteiger partial charge in [-0.1, -0.05) is 70.1 Å². The maximum absolute atomic E-state index is 13.8. The molecule has 3 aromatic rings. The largest absolute Gasteiger partial charge is 0.369 e. The van der Waals surface area contributed by atoms with Gasteiger partial charge in [-0.05, 0) is 47.5 Å². The number of rotatable bonds is 4. The lowest BCUT2D eigenvalue weighted by atomic mass is 9.89. The maximum Gasteiger partial charge on any atom is 0.260 e. The molecule has 1 fully saturated rings. The summed E-state index contributed by atoms with van der Waals surface area (Å²) in [4.78, 5) is 0.0656. The van der Waals surface area contributed by atoms with Crippen molar-refractivity contribution in [2.45, 2.75) is 16.9 Å². The predicted octanol–water partition coefficient (Wildman–Crippen LogP) is 4.63. The highest BCUT2D eigenvalue weighted by atomic mass is 35.5. The van der Waals surface area contributed by atoms with Crippen LogP contribution < -0.4 is 5.73 Å². The number of benzene rings is 3. The van der Waals surface area contributed by atoms with Crippen molar-refractivity contribution in [1.82, 2.24) is 9.42 Å². The molecule has 9 heteroatoms. The molecule has 1 heterocycles. The molecule has 0 bridgehead atoms. The zero-order chi connectivity index (χ0) is 22.2. The molecule has 3 aromatic carbocycles. The number of hydrogen-bond acceptors (Lipinski definition) is 3. The Bertz CT molecular complexity index is 1190. The van der Waals surface area contributed by atoms with Crippen LogP contribution in [0.4, 0.5) is 0 Å². The van der Waals surface area contributed by atoms with Crippen molar-refractivity contribution in [3.05, 3.63) is 100 Å². The van der Waals surface area contributed by atoms with Gasteiger partial charge >= 0.3 is 0 Å². The first-order valence-corrected chi connectivity index (χ1v) is 11.7.